The first kappa shape index (κ1) is 24.2. The van der Waals surface area contributed by atoms with E-state index in [1.807, 2.05) is 0 Å². The van der Waals surface area contributed by atoms with E-state index in [1.54, 1.807) is 60.7 Å². The quantitative estimate of drug-likeness (QED) is 0.307. The Morgan fingerprint density at radius 2 is 1.33 bits per heavy atom. The molecule has 0 aliphatic rings. The van der Waals surface area contributed by atoms with Gasteiger partial charge in [0.25, 0.3) is 0 Å². The smallest absolute Gasteiger partial charge is 0.203 e. The third-order valence-corrected chi connectivity index (χ3v) is 6.18. The molecule has 33 heavy (non-hydrogen) atoms. The fourth-order valence-corrected chi connectivity index (χ4v) is 4.32. The molecule has 0 aromatic heterocycles. The van der Waals surface area contributed by atoms with Gasteiger partial charge in [0.15, 0.2) is 23.1 Å². The number of hydrogen-bond donors (Lipinski definition) is 3. The summed E-state index contributed by atoms with van der Waals surface area (Å²) in [4.78, 5) is 0.269. The van der Waals surface area contributed by atoms with Crippen molar-refractivity contribution in [2.45, 2.75) is 4.90 Å². The van der Waals surface area contributed by atoms with Crippen LogP contribution in [0.15, 0.2) is 59.5 Å². The standard InChI is InChI=1S/C24H26FNO6S.H2/c1-29-21-14-17(15-22(30-2)24(21)32-4)11-10-16-12-19(25)23(31-3)20(13-16)26-33(27,28)18-8-6-5-7-9-18;/h5-15,26-28H,1-4H3;1H/b11-10-;. The predicted molar refractivity (Wildman–Crippen MR) is 131 cm³/mol. The summed E-state index contributed by atoms with van der Waals surface area (Å²) in [5.74, 6) is 0.643. The summed E-state index contributed by atoms with van der Waals surface area (Å²) in [7, 11) is 2.43. The summed E-state index contributed by atoms with van der Waals surface area (Å²) in [5, 5.41) is 0. The number of benzene rings is 3. The lowest BCUT2D eigenvalue weighted by molar-refractivity contribution is 0.324. The summed E-state index contributed by atoms with van der Waals surface area (Å²) >= 11 is 0. The van der Waals surface area contributed by atoms with Crippen molar-refractivity contribution in [3.8, 4) is 23.0 Å². The molecule has 178 valence electrons. The molecule has 0 bridgehead atoms. The van der Waals surface area contributed by atoms with Crippen molar-refractivity contribution in [2.24, 2.45) is 0 Å². The maximum absolute atomic E-state index is 14.7. The zero-order chi connectivity index (χ0) is 24.0. The summed E-state index contributed by atoms with van der Waals surface area (Å²) in [6.45, 7) is 0. The molecule has 3 aromatic rings. The SMILES string of the molecule is COc1cc(/C=C\c2cc(F)c(OC)c(NS(O)(O)c3ccccc3)c2)cc(OC)c1OC.[HH]. The van der Waals surface area contributed by atoms with Gasteiger partial charge in [0.05, 0.1) is 39.0 Å². The van der Waals surface area contributed by atoms with Gasteiger partial charge in [-0.3, -0.25) is 13.8 Å². The van der Waals surface area contributed by atoms with Gasteiger partial charge in [0.2, 0.25) is 5.75 Å². The molecule has 0 saturated carbocycles. The largest absolute Gasteiger partial charge is 0.493 e. The van der Waals surface area contributed by atoms with Crippen molar-refractivity contribution in [1.82, 2.24) is 0 Å². The molecule has 9 heteroatoms. The molecule has 0 unspecified atom stereocenters. The highest BCUT2D eigenvalue weighted by molar-refractivity contribution is 8.25. The van der Waals surface area contributed by atoms with E-state index in [1.165, 1.54) is 34.5 Å². The first-order chi connectivity index (χ1) is 15.8. The number of rotatable bonds is 9. The Morgan fingerprint density at radius 3 is 1.85 bits per heavy atom. The van der Waals surface area contributed by atoms with Crippen molar-refractivity contribution in [2.75, 3.05) is 33.2 Å². The molecule has 0 heterocycles. The van der Waals surface area contributed by atoms with Crippen LogP contribution in [0.3, 0.4) is 0 Å². The van der Waals surface area contributed by atoms with Gasteiger partial charge in [0.1, 0.15) is 0 Å². The molecule has 0 aliphatic carbocycles. The summed E-state index contributed by atoms with van der Waals surface area (Å²) < 4.78 is 59.8. The minimum Gasteiger partial charge on any atom is -0.493 e. The van der Waals surface area contributed by atoms with Crippen LogP contribution < -0.4 is 23.7 Å². The van der Waals surface area contributed by atoms with Crippen LogP contribution in [0, 0.1) is 5.82 Å². The van der Waals surface area contributed by atoms with E-state index in [0.29, 0.717) is 22.8 Å². The van der Waals surface area contributed by atoms with E-state index in [-0.39, 0.29) is 17.8 Å². The monoisotopic (exact) mass is 477 g/mol. The normalized spacial score (nSPS) is 11.8. The summed E-state index contributed by atoms with van der Waals surface area (Å²) in [6.07, 6.45) is 3.41. The van der Waals surface area contributed by atoms with Gasteiger partial charge in [-0.15, -0.1) is 0 Å². The van der Waals surface area contributed by atoms with E-state index in [9.17, 15) is 13.5 Å². The van der Waals surface area contributed by atoms with Crippen molar-refractivity contribution in [3.63, 3.8) is 0 Å². The zero-order valence-electron chi connectivity index (χ0n) is 18.7. The molecule has 0 atom stereocenters. The van der Waals surface area contributed by atoms with Crippen LogP contribution in [-0.2, 0) is 0 Å². The third-order valence-electron chi connectivity index (χ3n) is 4.75. The van der Waals surface area contributed by atoms with Gasteiger partial charge in [-0.25, -0.2) is 4.39 Å². The molecule has 0 saturated heterocycles. The number of nitrogens with one attached hydrogen (secondary N) is 1. The fraction of sp³-hybridized carbons (Fsp3) is 0.167. The molecular weight excluding hydrogens is 449 g/mol. The van der Waals surface area contributed by atoms with Crippen molar-refractivity contribution in [1.29, 1.82) is 0 Å². The predicted octanol–water partition coefficient (Wildman–Crippen LogP) is 6.41. The van der Waals surface area contributed by atoms with Crippen LogP contribution in [0.2, 0.25) is 0 Å². The second-order valence-corrected chi connectivity index (χ2v) is 8.61. The molecule has 0 spiro atoms. The second-order valence-electron chi connectivity index (χ2n) is 6.84. The molecule has 0 amide bonds. The minimum atomic E-state index is -3.44. The molecule has 0 aliphatic heterocycles. The molecule has 3 rings (SSSR count). The first-order valence-electron chi connectivity index (χ1n) is 9.79. The van der Waals surface area contributed by atoms with Gasteiger partial charge in [-0.2, -0.15) is 0 Å². The highest BCUT2D eigenvalue weighted by atomic mass is 32.3. The Bertz CT molecular complexity index is 1120. The number of ether oxygens (including phenoxy) is 4. The van der Waals surface area contributed by atoms with Crippen LogP contribution in [0.25, 0.3) is 12.2 Å². The second kappa shape index (κ2) is 10.5. The Labute approximate surface area is 195 Å². The average Bonchev–Trinajstić information content (AvgIpc) is 2.82. The molecule has 7 nitrogen and oxygen atoms in total. The maximum Gasteiger partial charge on any atom is 0.203 e. The molecule has 0 radical (unpaired) electrons. The average molecular weight is 478 g/mol. The number of hydrogen-bond acceptors (Lipinski definition) is 7. The minimum absolute atomic E-state index is 0. The zero-order valence-corrected chi connectivity index (χ0v) is 19.5. The Hall–Kier alpha value is -3.40. The van der Waals surface area contributed by atoms with E-state index in [4.69, 9.17) is 18.9 Å². The van der Waals surface area contributed by atoms with Crippen LogP contribution in [0.5, 0.6) is 23.0 Å². The van der Waals surface area contributed by atoms with Crippen molar-refractivity contribution >= 4 is 28.6 Å². The van der Waals surface area contributed by atoms with Gasteiger partial charge in [-0.05, 0) is 47.5 Å². The van der Waals surface area contributed by atoms with Gasteiger partial charge in [-0.1, -0.05) is 41.1 Å². The van der Waals surface area contributed by atoms with E-state index in [2.05, 4.69) is 4.72 Å². The van der Waals surface area contributed by atoms with Gasteiger partial charge in [0, 0.05) is 1.43 Å². The van der Waals surface area contributed by atoms with Crippen molar-refractivity contribution < 1.29 is 33.9 Å². The lowest BCUT2D eigenvalue weighted by atomic mass is 10.1. The molecular formula is C24H28FNO6S. The highest BCUT2D eigenvalue weighted by Gasteiger charge is 2.20. The van der Waals surface area contributed by atoms with E-state index >= 15 is 0 Å². The topological polar surface area (TPSA) is 89.4 Å². The molecule has 3 N–H and O–H groups in total. The van der Waals surface area contributed by atoms with Crippen molar-refractivity contribution in [3.05, 3.63) is 71.5 Å². The number of anilines is 1. The van der Waals surface area contributed by atoms with Gasteiger partial charge < -0.3 is 18.9 Å². The summed E-state index contributed by atoms with van der Waals surface area (Å²) in [6, 6.07) is 14.6. The Balaban J connectivity index is 0.00000408. The molecule has 0 fully saturated rings. The fourth-order valence-electron chi connectivity index (χ4n) is 3.21. The molecule has 3 aromatic carbocycles. The van der Waals surface area contributed by atoms with E-state index < -0.39 is 16.6 Å². The van der Waals surface area contributed by atoms with Crippen LogP contribution >= 0.6 is 10.8 Å². The van der Waals surface area contributed by atoms with Gasteiger partial charge >= 0.3 is 0 Å². The highest BCUT2D eigenvalue weighted by Crippen LogP contribution is 2.49. The Morgan fingerprint density at radius 1 is 0.788 bits per heavy atom. The Kier molecular flexibility index (Phi) is 7.70. The number of methoxy groups -OCH3 is 4. The maximum atomic E-state index is 14.7. The van der Waals surface area contributed by atoms with E-state index in [0.717, 1.165) is 5.56 Å². The lowest BCUT2D eigenvalue weighted by Crippen LogP contribution is -2.11. The van der Waals surface area contributed by atoms with Crippen LogP contribution in [-0.4, -0.2) is 37.5 Å². The summed E-state index contributed by atoms with van der Waals surface area (Å²) in [5.41, 5.74) is 1.29. The third kappa shape index (κ3) is 5.51. The lowest BCUT2D eigenvalue weighted by Gasteiger charge is -2.34. The first-order valence-corrected chi connectivity index (χ1v) is 11.3. The van der Waals surface area contributed by atoms with Crippen LogP contribution in [0.4, 0.5) is 10.1 Å². The number of halogens is 1. The van der Waals surface area contributed by atoms with Crippen LogP contribution in [0.1, 0.15) is 12.6 Å².